The summed E-state index contributed by atoms with van der Waals surface area (Å²) >= 11 is 0. The lowest BCUT2D eigenvalue weighted by atomic mass is 9.75. The summed E-state index contributed by atoms with van der Waals surface area (Å²) in [5.41, 5.74) is 1.20. The highest BCUT2D eigenvalue weighted by atomic mass is 19.3. The second-order valence-corrected chi connectivity index (χ2v) is 6.03. The molecule has 0 saturated heterocycles. The number of likely N-dealkylation sites (N-methyl/N-ethyl adjacent to an activating group) is 1. The van der Waals surface area contributed by atoms with E-state index in [9.17, 15) is 8.78 Å². The Bertz CT molecular complexity index is 461. The average Bonchev–Trinajstić information content (AvgIpc) is 2.36. The second kappa shape index (κ2) is 6.71. The summed E-state index contributed by atoms with van der Waals surface area (Å²) in [5, 5.41) is 3.52. The summed E-state index contributed by atoms with van der Waals surface area (Å²) in [4.78, 5) is 2.28. The summed E-state index contributed by atoms with van der Waals surface area (Å²) < 4.78 is 29.0. The van der Waals surface area contributed by atoms with Gasteiger partial charge in [0.25, 0.3) is 0 Å². The standard InChI is InChI=1S/C16H24F2N2O/c1-12(19-11-16(20(2)3)8-5-9-16)13-6-4-7-14(10-13)21-15(17)18/h4,6-7,10,12,15,19H,5,8-9,11H2,1-3H3. The van der Waals surface area contributed by atoms with Crippen molar-refractivity contribution in [3.63, 3.8) is 0 Å². The normalized spacial score (nSPS) is 18.6. The first-order chi connectivity index (χ1) is 9.93. The molecule has 21 heavy (non-hydrogen) atoms. The highest BCUT2D eigenvalue weighted by molar-refractivity contribution is 5.30. The van der Waals surface area contributed by atoms with Crippen LogP contribution in [0.25, 0.3) is 0 Å². The molecule has 1 aliphatic rings. The Labute approximate surface area is 125 Å². The van der Waals surface area contributed by atoms with Crippen LogP contribution in [0, 0.1) is 0 Å². The smallest absolute Gasteiger partial charge is 0.387 e. The number of ether oxygens (including phenoxy) is 1. The maximum atomic E-state index is 12.3. The van der Waals surface area contributed by atoms with Gasteiger partial charge in [0, 0.05) is 18.1 Å². The molecule has 1 atom stereocenters. The largest absolute Gasteiger partial charge is 0.435 e. The van der Waals surface area contributed by atoms with Crippen molar-refractivity contribution in [2.75, 3.05) is 20.6 Å². The number of halogens is 2. The number of hydrogen-bond donors (Lipinski definition) is 1. The third-order valence-electron chi connectivity index (χ3n) is 4.55. The van der Waals surface area contributed by atoms with Gasteiger partial charge in [-0.15, -0.1) is 0 Å². The Hall–Kier alpha value is -1.20. The molecule has 1 aromatic carbocycles. The number of benzene rings is 1. The molecule has 0 heterocycles. The van der Waals surface area contributed by atoms with Crippen molar-refractivity contribution in [2.24, 2.45) is 0 Å². The van der Waals surface area contributed by atoms with Gasteiger partial charge in [-0.3, -0.25) is 0 Å². The number of nitrogens with zero attached hydrogens (tertiary/aromatic N) is 1. The fourth-order valence-electron chi connectivity index (χ4n) is 2.79. The Morgan fingerprint density at radius 1 is 1.33 bits per heavy atom. The molecule has 0 amide bonds. The molecule has 118 valence electrons. The first kappa shape index (κ1) is 16.2. The minimum absolute atomic E-state index is 0.101. The Morgan fingerprint density at radius 2 is 2.05 bits per heavy atom. The molecule has 2 rings (SSSR count). The van der Waals surface area contributed by atoms with Crippen LogP contribution in [0.15, 0.2) is 24.3 Å². The summed E-state index contributed by atoms with van der Waals surface area (Å²) in [6, 6.07) is 7.00. The predicted molar refractivity (Wildman–Crippen MR) is 79.8 cm³/mol. The van der Waals surface area contributed by atoms with Crippen LogP contribution in [0.3, 0.4) is 0 Å². The number of hydrogen-bond acceptors (Lipinski definition) is 3. The van der Waals surface area contributed by atoms with Gasteiger partial charge in [-0.2, -0.15) is 8.78 Å². The third kappa shape index (κ3) is 3.92. The highest BCUT2D eigenvalue weighted by Crippen LogP contribution is 2.36. The van der Waals surface area contributed by atoms with E-state index in [-0.39, 0.29) is 17.3 Å². The molecule has 1 aromatic rings. The molecule has 3 nitrogen and oxygen atoms in total. The van der Waals surface area contributed by atoms with E-state index in [0.29, 0.717) is 0 Å². The number of rotatable bonds is 7. The van der Waals surface area contributed by atoms with Gasteiger partial charge in [0.2, 0.25) is 0 Å². The van der Waals surface area contributed by atoms with Gasteiger partial charge >= 0.3 is 6.61 Å². The Kier molecular flexibility index (Phi) is 5.17. The van der Waals surface area contributed by atoms with Crippen molar-refractivity contribution in [3.05, 3.63) is 29.8 Å². The van der Waals surface area contributed by atoms with Crippen LogP contribution in [-0.2, 0) is 0 Å². The van der Waals surface area contributed by atoms with Crippen LogP contribution in [0.2, 0.25) is 0 Å². The molecule has 0 aromatic heterocycles. The van der Waals surface area contributed by atoms with Gasteiger partial charge in [-0.25, -0.2) is 0 Å². The first-order valence-electron chi connectivity index (χ1n) is 7.38. The first-order valence-corrected chi connectivity index (χ1v) is 7.38. The van der Waals surface area contributed by atoms with Gasteiger partial charge in [0.1, 0.15) is 5.75 Å². The minimum atomic E-state index is -2.78. The Morgan fingerprint density at radius 3 is 2.57 bits per heavy atom. The van der Waals surface area contributed by atoms with E-state index in [1.165, 1.54) is 19.3 Å². The van der Waals surface area contributed by atoms with Gasteiger partial charge < -0.3 is 15.0 Å². The van der Waals surface area contributed by atoms with Crippen LogP contribution in [0.4, 0.5) is 8.78 Å². The van der Waals surface area contributed by atoms with Gasteiger partial charge in [0.15, 0.2) is 0 Å². The maximum absolute atomic E-state index is 12.3. The fourth-order valence-corrected chi connectivity index (χ4v) is 2.79. The molecular weight excluding hydrogens is 274 g/mol. The lowest BCUT2D eigenvalue weighted by Gasteiger charge is -2.48. The predicted octanol–water partition coefficient (Wildman–Crippen LogP) is 3.42. The summed E-state index contributed by atoms with van der Waals surface area (Å²) in [6.45, 7) is 0.167. The molecule has 0 bridgehead atoms. The van der Waals surface area contributed by atoms with Crippen LogP contribution < -0.4 is 10.1 Å². The SMILES string of the molecule is CC(NCC1(N(C)C)CCC1)c1cccc(OC(F)F)c1. The number of alkyl halides is 2. The molecule has 5 heteroatoms. The van der Waals surface area contributed by atoms with Crippen molar-refractivity contribution in [1.29, 1.82) is 0 Å². The van der Waals surface area contributed by atoms with Crippen molar-refractivity contribution in [1.82, 2.24) is 10.2 Å². The Balaban J connectivity index is 1.95. The van der Waals surface area contributed by atoms with Gasteiger partial charge in [-0.05, 0) is 58.0 Å². The maximum Gasteiger partial charge on any atom is 0.387 e. The van der Waals surface area contributed by atoms with Crippen molar-refractivity contribution in [3.8, 4) is 5.75 Å². The number of nitrogens with one attached hydrogen (secondary N) is 1. The molecule has 1 unspecified atom stereocenters. The van der Waals surface area contributed by atoms with Crippen molar-refractivity contribution >= 4 is 0 Å². The molecule has 1 fully saturated rings. The topological polar surface area (TPSA) is 24.5 Å². The zero-order valence-electron chi connectivity index (χ0n) is 12.9. The second-order valence-electron chi connectivity index (χ2n) is 6.03. The quantitative estimate of drug-likeness (QED) is 0.835. The van der Waals surface area contributed by atoms with Crippen molar-refractivity contribution in [2.45, 2.75) is 44.4 Å². The monoisotopic (exact) mass is 298 g/mol. The van der Waals surface area contributed by atoms with E-state index in [0.717, 1.165) is 12.1 Å². The van der Waals surface area contributed by atoms with Gasteiger partial charge in [-0.1, -0.05) is 12.1 Å². The van der Waals surface area contributed by atoms with E-state index >= 15 is 0 Å². The van der Waals surface area contributed by atoms with E-state index in [1.807, 2.05) is 13.0 Å². The lowest BCUT2D eigenvalue weighted by molar-refractivity contribution is -0.0499. The summed E-state index contributed by atoms with van der Waals surface area (Å²) in [6.07, 6.45) is 3.68. The summed E-state index contributed by atoms with van der Waals surface area (Å²) in [5.74, 6) is 0.210. The van der Waals surface area contributed by atoms with Crippen molar-refractivity contribution < 1.29 is 13.5 Å². The molecule has 1 N–H and O–H groups in total. The molecular formula is C16H24F2N2O. The van der Waals surface area contributed by atoms with E-state index in [1.54, 1.807) is 18.2 Å². The highest BCUT2D eigenvalue weighted by Gasteiger charge is 2.38. The lowest BCUT2D eigenvalue weighted by Crippen LogP contribution is -2.56. The fraction of sp³-hybridized carbons (Fsp3) is 0.625. The molecule has 1 aliphatic carbocycles. The zero-order chi connectivity index (χ0) is 15.5. The van der Waals surface area contributed by atoms with E-state index in [4.69, 9.17) is 0 Å². The average molecular weight is 298 g/mol. The zero-order valence-corrected chi connectivity index (χ0v) is 12.9. The van der Waals surface area contributed by atoms with Gasteiger partial charge in [0.05, 0.1) is 0 Å². The van der Waals surface area contributed by atoms with Crippen LogP contribution in [0.5, 0.6) is 5.75 Å². The van der Waals surface area contributed by atoms with E-state index < -0.39 is 6.61 Å². The summed E-state index contributed by atoms with van der Waals surface area (Å²) in [7, 11) is 4.23. The van der Waals surface area contributed by atoms with Crippen LogP contribution in [0.1, 0.15) is 37.8 Å². The van der Waals surface area contributed by atoms with Crippen LogP contribution in [-0.4, -0.2) is 37.7 Å². The van der Waals surface area contributed by atoms with Crippen LogP contribution >= 0.6 is 0 Å². The molecule has 0 spiro atoms. The molecule has 0 radical (unpaired) electrons. The third-order valence-corrected chi connectivity index (χ3v) is 4.55. The van der Waals surface area contributed by atoms with E-state index in [2.05, 4.69) is 29.0 Å². The minimum Gasteiger partial charge on any atom is -0.435 e. The molecule has 0 aliphatic heterocycles. The molecule has 1 saturated carbocycles.